The zero-order valence-corrected chi connectivity index (χ0v) is 19.7. The number of esters is 1. The maximum absolute atomic E-state index is 12.5. The van der Waals surface area contributed by atoms with Crippen LogP contribution in [0, 0.1) is 0 Å². The quantitative estimate of drug-likeness (QED) is 0.361. The molecule has 1 aromatic heterocycles. The van der Waals surface area contributed by atoms with Gasteiger partial charge >= 0.3 is 5.97 Å². The molecule has 0 saturated carbocycles. The molecule has 7 nitrogen and oxygen atoms in total. The first-order valence-corrected chi connectivity index (χ1v) is 11.6. The van der Waals surface area contributed by atoms with E-state index < -0.39 is 12.3 Å². The van der Waals surface area contributed by atoms with Gasteiger partial charge in [0.2, 0.25) is 6.29 Å². The van der Waals surface area contributed by atoms with Crippen molar-refractivity contribution in [2.24, 2.45) is 0 Å². The van der Waals surface area contributed by atoms with E-state index in [2.05, 4.69) is 25.9 Å². The Morgan fingerprint density at radius 1 is 1.12 bits per heavy atom. The van der Waals surface area contributed by atoms with Crippen LogP contribution in [-0.4, -0.2) is 15.9 Å². The normalized spacial score (nSPS) is 14.9. The third-order valence-corrected chi connectivity index (χ3v) is 5.97. The fourth-order valence-corrected chi connectivity index (χ4v) is 4.42. The molecule has 3 aromatic carbocycles. The summed E-state index contributed by atoms with van der Waals surface area (Å²) in [6.45, 7) is 0.445. The number of nitrogens with zero attached hydrogens (tertiary/aromatic N) is 1. The summed E-state index contributed by atoms with van der Waals surface area (Å²) in [5.74, 6) is 0.722. The molecule has 0 amide bonds. The molecule has 0 spiro atoms. The summed E-state index contributed by atoms with van der Waals surface area (Å²) in [4.78, 5) is 31.8. The minimum Gasteiger partial charge on any atom is -0.461 e. The predicted molar refractivity (Wildman–Crippen MR) is 129 cm³/mol. The van der Waals surface area contributed by atoms with Crippen LogP contribution in [0.25, 0.3) is 10.9 Å². The number of hydrogen-bond donors (Lipinski definition) is 1. The van der Waals surface area contributed by atoms with Gasteiger partial charge in [-0.2, -0.15) is 0 Å². The lowest BCUT2D eigenvalue weighted by Crippen LogP contribution is -2.19. The Kier molecular flexibility index (Phi) is 6.42. The van der Waals surface area contributed by atoms with Crippen LogP contribution >= 0.6 is 15.9 Å². The molecule has 0 fully saturated rings. The summed E-state index contributed by atoms with van der Waals surface area (Å²) in [5, 5.41) is 0.519. The molecule has 1 atom stereocenters. The molecule has 4 aromatic rings. The van der Waals surface area contributed by atoms with Crippen molar-refractivity contribution in [1.82, 2.24) is 9.97 Å². The van der Waals surface area contributed by atoms with Gasteiger partial charge in [0.15, 0.2) is 0 Å². The van der Waals surface area contributed by atoms with Crippen LogP contribution in [0.4, 0.5) is 0 Å². The summed E-state index contributed by atoms with van der Waals surface area (Å²) in [7, 11) is 0. The fourth-order valence-electron chi connectivity index (χ4n) is 3.86. The highest BCUT2D eigenvalue weighted by molar-refractivity contribution is 9.10. The van der Waals surface area contributed by atoms with E-state index in [1.54, 1.807) is 18.2 Å². The van der Waals surface area contributed by atoms with Gasteiger partial charge in [-0.05, 0) is 24.3 Å². The summed E-state index contributed by atoms with van der Waals surface area (Å²) < 4.78 is 18.4. The Morgan fingerprint density at radius 2 is 1.91 bits per heavy atom. The number of rotatable bonds is 6. The van der Waals surface area contributed by atoms with Gasteiger partial charge in [-0.1, -0.05) is 58.4 Å². The molecular formula is C26H21BrN2O5. The lowest BCUT2D eigenvalue weighted by atomic mass is 10.1. The summed E-state index contributed by atoms with van der Waals surface area (Å²) in [6.07, 6.45) is -0.163. The standard InChI is InChI=1S/C26H21BrN2O5/c27-19-12-17(24-18(13-19)15-33-26(34-24)16-6-2-1-3-7-16)14-32-23(30)11-10-22-28-21-9-5-4-8-20(21)25(31)29-22/h1-9,12-13,26H,10-11,14-15H2,(H,28,29,31)/t26-/m0/s1. The number of aromatic amines is 1. The van der Waals surface area contributed by atoms with E-state index in [0.717, 1.165) is 21.2 Å². The maximum Gasteiger partial charge on any atom is 0.306 e. The first-order chi connectivity index (χ1) is 16.6. The third kappa shape index (κ3) is 4.88. The van der Waals surface area contributed by atoms with Crippen molar-refractivity contribution in [1.29, 1.82) is 0 Å². The molecule has 2 heterocycles. The average Bonchev–Trinajstić information content (AvgIpc) is 2.86. The van der Waals surface area contributed by atoms with Crippen LogP contribution in [0.3, 0.4) is 0 Å². The molecule has 172 valence electrons. The Labute approximate surface area is 203 Å². The van der Waals surface area contributed by atoms with E-state index in [0.29, 0.717) is 29.1 Å². The number of halogens is 1. The van der Waals surface area contributed by atoms with E-state index in [9.17, 15) is 9.59 Å². The predicted octanol–water partition coefficient (Wildman–Crippen LogP) is 4.97. The fraction of sp³-hybridized carbons (Fsp3) is 0.192. The molecule has 0 saturated heterocycles. The molecule has 1 aliphatic heterocycles. The molecule has 8 heteroatoms. The van der Waals surface area contributed by atoms with E-state index in [1.807, 2.05) is 48.5 Å². The number of nitrogens with one attached hydrogen (secondary N) is 1. The smallest absolute Gasteiger partial charge is 0.306 e. The summed E-state index contributed by atoms with van der Waals surface area (Å²) in [5.41, 5.74) is 2.92. The van der Waals surface area contributed by atoms with E-state index in [1.165, 1.54) is 0 Å². The lowest BCUT2D eigenvalue weighted by Gasteiger charge is -2.28. The molecule has 0 unspecified atom stereocenters. The van der Waals surface area contributed by atoms with Crippen LogP contribution in [0.15, 0.2) is 76.0 Å². The average molecular weight is 521 g/mol. The van der Waals surface area contributed by atoms with E-state index in [-0.39, 0.29) is 25.0 Å². The molecule has 1 aliphatic rings. The highest BCUT2D eigenvalue weighted by Crippen LogP contribution is 2.38. The molecule has 1 N–H and O–H groups in total. The molecule has 0 radical (unpaired) electrons. The molecule has 5 rings (SSSR count). The third-order valence-electron chi connectivity index (χ3n) is 5.51. The number of H-pyrrole nitrogens is 1. The largest absolute Gasteiger partial charge is 0.461 e. The first-order valence-electron chi connectivity index (χ1n) is 10.8. The van der Waals surface area contributed by atoms with Crippen LogP contribution < -0.4 is 10.3 Å². The number of carbonyl (C=O) groups is 1. The minimum atomic E-state index is -0.528. The SMILES string of the molecule is O=C(CCc1nc2ccccc2c(=O)[nH]1)OCc1cc(Br)cc2c1O[C@@H](c1ccccc1)OC2. The Balaban J connectivity index is 1.25. The van der Waals surface area contributed by atoms with E-state index >= 15 is 0 Å². The summed E-state index contributed by atoms with van der Waals surface area (Å²) in [6, 6.07) is 20.6. The van der Waals surface area contributed by atoms with Gasteiger partial charge in [0, 0.05) is 27.6 Å². The van der Waals surface area contributed by atoms with Crippen LogP contribution in [-0.2, 0) is 33.9 Å². The maximum atomic E-state index is 12.5. The number of ether oxygens (including phenoxy) is 3. The van der Waals surface area contributed by atoms with Crippen molar-refractivity contribution < 1.29 is 19.0 Å². The lowest BCUT2D eigenvalue weighted by molar-refractivity contribution is -0.145. The molecule has 0 aliphatic carbocycles. The minimum absolute atomic E-state index is 0.0593. The number of aryl methyl sites for hydroxylation is 1. The second-order valence-electron chi connectivity index (χ2n) is 7.92. The Morgan fingerprint density at radius 3 is 2.76 bits per heavy atom. The van der Waals surface area contributed by atoms with Gasteiger partial charge in [0.05, 0.1) is 23.9 Å². The van der Waals surface area contributed by atoms with Crippen molar-refractivity contribution >= 4 is 32.8 Å². The number of fused-ring (bicyclic) bond motifs is 2. The van der Waals surface area contributed by atoms with Crippen molar-refractivity contribution in [2.75, 3.05) is 0 Å². The van der Waals surface area contributed by atoms with Gasteiger partial charge in [0.25, 0.3) is 5.56 Å². The van der Waals surface area contributed by atoms with Crippen molar-refractivity contribution in [3.05, 3.63) is 104 Å². The van der Waals surface area contributed by atoms with E-state index in [4.69, 9.17) is 14.2 Å². The van der Waals surface area contributed by atoms with Gasteiger partial charge in [-0.15, -0.1) is 0 Å². The summed E-state index contributed by atoms with van der Waals surface area (Å²) >= 11 is 3.50. The Bertz CT molecular complexity index is 1400. The highest BCUT2D eigenvalue weighted by atomic mass is 79.9. The van der Waals surface area contributed by atoms with Gasteiger partial charge in [-0.3, -0.25) is 9.59 Å². The number of para-hydroxylation sites is 1. The first kappa shape index (κ1) is 22.3. The van der Waals surface area contributed by atoms with Gasteiger partial charge < -0.3 is 19.2 Å². The Hall–Kier alpha value is -3.49. The number of hydrogen-bond acceptors (Lipinski definition) is 6. The van der Waals surface area contributed by atoms with Crippen LogP contribution in [0.1, 0.15) is 35.2 Å². The van der Waals surface area contributed by atoms with Crippen molar-refractivity contribution in [2.45, 2.75) is 32.3 Å². The second-order valence-corrected chi connectivity index (χ2v) is 8.83. The van der Waals surface area contributed by atoms with Crippen LogP contribution in [0.5, 0.6) is 5.75 Å². The van der Waals surface area contributed by atoms with Crippen molar-refractivity contribution in [3.8, 4) is 5.75 Å². The number of benzene rings is 3. The number of carbonyl (C=O) groups excluding carboxylic acids is 1. The zero-order valence-electron chi connectivity index (χ0n) is 18.1. The monoisotopic (exact) mass is 520 g/mol. The topological polar surface area (TPSA) is 90.5 Å². The molecular weight excluding hydrogens is 500 g/mol. The highest BCUT2D eigenvalue weighted by Gasteiger charge is 2.25. The van der Waals surface area contributed by atoms with Crippen LogP contribution in [0.2, 0.25) is 0 Å². The second kappa shape index (κ2) is 9.79. The zero-order chi connectivity index (χ0) is 23.5. The van der Waals surface area contributed by atoms with Gasteiger partial charge in [0.1, 0.15) is 18.2 Å². The molecule has 34 heavy (non-hydrogen) atoms. The molecule has 0 bridgehead atoms. The van der Waals surface area contributed by atoms with Crippen molar-refractivity contribution in [3.63, 3.8) is 0 Å². The number of aromatic nitrogens is 2. The van der Waals surface area contributed by atoms with Gasteiger partial charge in [-0.25, -0.2) is 4.98 Å².